The zero-order chi connectivity index (χ0) is 12.0. The average molecular weight is 314 g/mol. The van der Waals surface area contributed by atoms with Gasteiger partial charge in [0.2, 0.25) is 0 Å². The van der Waals surface area contributed by atoms with E-state index in [1.807, 2.05) is 18.2 Å². The van der Waals surface area contributed by atoms with Crippen molar-refractivity contribution in [2.45, 2.75) is 22.4 Å². The number of fused-ring (bicyclic) bond motifs is 2. The molecule has 2 aliphatic rings. The van der Waals surface area contributed by atoms with E-state index in [-0.39, 0.29) is 37.0 Å². The van der Waals surface area contributed by atoms with Crippen LogP contribution in [0.5, 0.6) is 0 Å². The molecule has 0 N–H and O–H groups in total. The van der Waals surface area contributed by atoms with Gasteiger partial charge in [0.25, 0.3) is 0 Å². The van der Waals surface area contributed by atoms with Crippen LogP contribution in [0.2, 0.25) is 4.82 Å². The van der Waals surface area contributed by atoms with Gasteiger partial charge < -0.3 is 0 Å². The first-order valence-corrected chi connectivity index (χ1v) is 7.71. The molecule has 0 aromatic heterocycles. The van der Waals surface area contributed by atoms with Gasteiger partial charge >= 0.3 is 111 Å². The molecule has 2 heterocycles. The van der Waals surface area contributed by atoms with Crippen molar-refractivity contribution >= 4 is 36.8 Å². The molecule has 2 aliphatic heterocycles. The Morgan fingerprint density at radius 2 is 1.94 bits per heavy atom. The Morgan fingerprint density at radius 3 is 2.59 bits per heavy atom. The standard InChI is InChI=1S/C13H11ClO2Se/c1-7-10(15)12-9(14)13(11(7)16-12)17-8-5-3-2-4-6-8/h2-6,9,11-13H,1H2/t9?,11?,12?,13-/m1/s1. The second kappa shape index (κ2) is 4.25. The van der Waals surface area contributed by atoms with E-state index in [0.29, 0.717) is 5.57 Å². The zero-order valence-electron chi connectivity index (χ0n) is 9.01. The van der Waals surface area contributed by atoms with E-state index in [2.05, 4.69) is 18.7 Å². The summed E-state index contributed by atoms with van der Waals surface area (Å²) in [5.74, 6) is -0.00453. The summed E-state index contributed by atoms with van der Waals surface area (Å²) in [6.07, 6.45) is -0.611. The SMILES string of the molecule is C=C1C(=O)C2OC1[C@H]([Se]c1ccccc1)C2Cl. The summed E-state index contributed by atoms with van der Waals surface area (Å²) in [5, 5.41) is -0.196. The molecule has 2 saturated heterocycles. The van der Waals surface area contributed by atoms with Crippen LogP contribution in [0.3, 0.4) is 0 Å². The normalized spacial score (nSPS) is 35.6. The van der Waals surface area contributed by atoms with Gasteiger partial charge in [-0.2, -0.15) is 0 Å². The molecule has 0 amide bonds. The van der Waals surface area contributed by atoms with Crippen molar-refractivity contribution in [2.75, 3.05) is 0 Å². The second-order valence-corrected chi connectivity index (χ2v) is 7.34. The van der Waals surface area contributed by atoms with Gasteiger partial charge in [-0.15, -0.1) is 0 Å². The monoisotopic (exact) mass is 314 g/mol. The molecule has 0 aliphatic carbocycles. The third-order valence-electron chi connectivity index (χ3n) is 3.13. The van der Waals surface area contributed by atoms with Crippen molar-refractivity contribution in [3.8, 4) is 0 Å². The van der Waals surface area contributed by atoms with E-state index < -0.39 is 6.10 Å². The number of benzene rings is 1. The number of rotatable bonds is 2. The quantitative estimate of drug-likeness (QED) is 0.468. The number of halogens is 1. The van der Waals surface area contributed by atoms with Gasteiger partial charge in [-0.05, 0) is 0 Å². The van der Waals surface area contributed by atoms with Gasteiger partial charge in [0.05, 0.1) is 0 Å². The summed E-state index contributed by atoms with van der Waals surface area (Å²) in [6.45, 7) is 3.82. The fourth-order valence-corrected chi connectivity index (χ4v) is 5.45. The zero-order valence-corrected chi connectivity index (χ0v) is 11.5. The van der Waals surface area contributed by atoms with Crippen LogP contribution in [-0.2, 0) is 9.53 Å². The van der Waals surface area contributed by atoms with E-state index in [4.69, 9.17) is 16.3 Å². The molecule has 2 fully saturated rings. The average Bonchev–Trinajstić information content (AvgIpc) is 2.80. The summed E-state index contributed by atoms with van der Waals surface area (Å²) < 4.78 is 6.91. The fraction of sp³-hybridized carbons (Fsp3) is 0.308. The van der Waals surface area contributed by atoms with Crippen molar-refractivity contribution < 1.29 is 9.53 Å². The van der Waals surface area contributed by atoms with Crippen LogP contribution < -0.4 is 4.46 Å². The van der Waals surface area contributed by atoms with Gasteiger partial charge in [-0.25, -0.2) is 0 Å². The van der Waals surface area contributed by atoms with Crippen molar-refractivity contribution in [1.82, 2.24) is 0 Å². The number of hydrogen-bond donors (Lipinski definition) is 0. The van der Waals surface area contributed by atoms with E-state index in [1.165, 1.54) is 4.46 Å². The molecular weight excluding hydrogens is 303 g/mol. The van der Waals surface area contributed by atoms with Gasteiger partial charge in [-0.1, -0.05) is 0 Å². The molecule has 2 nitrogen and oxygen atoms in total. The Morgan fingerprint density at radius 1 is 1.24 bits per heavy atom. The summed E-state index contributed by atoms with van der Waals surface area (Å²) in [5.41, 5.74) is 0.606. The first-order valence-electron chi connectivity index (χ1n) is 5.43. The van der Waals surface area contributed by atoms with Crippen LogP contribution in [-0.4, -0.2) is 38.3 Å². The molecule has 0 radical (unpaired) electrons. The van der Waals surface area contributed by atoms with Gasteiger partial charge in [0.1, 0.15) is 0 Å². The summed E-state index contributed by atoms with van der Waals surface area (Å²) in [6, 6.07) is 10.2. The number of Topliss-reactive ketones (excluding diaryl/α,β-unsaturated/α-hetero) is 1. The number of carbonyl (C=O) groups is 1. The number of ether oxygens (including phenoxy) is 1. The van der Waals surface area contributed by atoms with E-state index in [1.54, 1.807) is 0 Å². The van der Waals surface area contributed by atoms with E-state index in [9.17, 15) is 4.79 Å². The van der Waals surface area contributed by atoms with Crippen molar-refractivity contribution in [1.29, 1.82) is 0 Å². The fourth-order valence-electron chi connectivity index (χ4n) is 2.24. The molecule has 3 rings (SSSR count). The Balaban J connectivity index is 1.82. The molecule has 0 spiro atoms. The molecular formula is C13H11ClO2Se. The maximum atomic E-state index is 11.7. The van der Waals surface area contributed by atoms with Crippen LogP contribution in [0.4, 0.5) is 0 Å². The molecule has 17 heavy (non-hydrogen) atoms. The molecule has 2 bridgehead atoms. The number of carbonyl (C=O) groups excluding carboxylic acids is 1. The predicted octanol–water partition coefficient (Wildman–Crippen LogP) is 1.32. The topological polar surface area (TPSA) is 26.3 Å². The second-order valence-electron chi connectivity index (χ2n) is 4.21. The van der Waals surface area contributed by atoms with Crippen LogP contribution in [0.15, 0.2) is 42.5 Å². The first kappa shape index (κ1) is 11.5. The van der Waals surface area contributed by atoms with E-state index >= 15 is 0 Å². The van der Waals surface area contributed by atoms with Crippen molar-refractivity contribution in [3.05, 3.63) is 42.5 Å². The van der Waals surface area contributed by atoms with Crippen LogP contribution in [0.25, 0.3) is 0 Å². The third kappa shape index (κ3) is 1.78. The Kier molecular flexibility index (Phi) is 2.87. The molecule has 4 atom stereocenters. The van der Waals surface area contributed by atoms with Crippen LogP contribution in [0.1, 0.15) is 0 Å². The van der Waals surface area contributed by atoms with Crippen molar-refractivity contribution in [2.24, 2.45) is 0 Å². The predicted molar refractivity (Wildman–Crippen MR) is 68.0 cm³/mol. The third-order valence-corrected chi connectivity index (χ3v) is 6.81. The first-order chi connectivity index (χ1) is 8.18. The molecule has 4 heteroatoms. The Labute approximate surface area is 111 Å². The van der Waals surface area contributed by atoms with E-state index in [0.717, 1.165) is 0 Å². The Hall–Kier alpha value is -0.601. The molecule has 1 aromatic carbocycles. The maximum absolute atomic E-state index is 11.7. The van der Waals surface area contributed by atoms with Crippen molar-refractivity contribution in [3.63, 3.8) is 0 Å². The minimum atomic E-state index is -0.454. The summed E-state index contributed by atoms with van der Waals surface area (Å²) >= 11 is 6.53. The van der Waals surface area contributed by atoms with Gasteiger partial charge in [-0.3, -0.25) is 0 Å². The molecule has 1 aromatic rings. The Bertz CT molecular complexity index is 474. The number of alkyl halides is 1. The molecule has 3 unspecified atom stereocenters. The minimum absolute atomic E-state index is 0.00453. The molecule has 0 saturated carbocycles. The van der Waals surface area contributed by atoms with Crippen LogP contribution >= 0.6 is 11.6 Å². The summed E-state index contributed by atoms with van der Waals surface area (Å²) in [7, 11) is 0. The van der Waals surface area contributed by atoms with Gasteiger partial charge in [0, 0.05) is 0 Å². The number of ketones is 1. The summed E-state index contributed by atoms with van der Waals surface area (Å²) in [4.78, 5) is 11.9. The number of hydrogen-bond acceptors (Lipinski definition) is 2. The van der Waals surface area contributed by atoms with Crippen LogP contribution in [0, 0.1) is 0 Å². The van der Waals surface area contributed by atoms with Gasteiger partial charge in [0.15, 0.2) is 0 Å². The molecule has 88 valence electrons.